The molecule has 4 nitrogen and oxygen atoms in total. The van der Waals surface area contributed by atoms with Crippen LogP contribution in [0.1, 0.15) is 28.8 Å². The Morgan fingerprint density at radius 2 is 1.95 bits per heavy atom. The van der Waals surface area contributed by atoms with E-state index in [1.807, 2.05) is 0 Å². The zero-order valence-corrected chi connectivity index (χ0v) is 10.9. The Kier molecular flexibility index (Phi) is 5.97. The van der Waals surface area contributed by atoms with E-state index in [9.17, 15) is 18.0 Å². The van der Waals surface area contributed by atoms with Crippen LogP contribution in [-0.2, 0) is 6.18 Å². The second kappa shape index (κ2) is 7.25. The van der Waals surface area contributed by atoms with Crippen molar-refractivity contribution < 1.29 is 18.0 Å². The summed E-state index contributed by atoms with van der Waals surface area (Å²) in [6.45, 7) is 0.601. The van der Waals surface area contributed by atoms with Gasteiger partial charge in [-0.1, -0.05) is 12.1 Å². The van der Waals surface area contributed by atoms with Gasteiger partial charge >= 0.3 is 6.18 Å². The summed E-state index contributed by atoms with van der Waals surface area (Å²) in [5.41, 5.74) is 9.69. The third-order valence-corrected chi connectivity index (χ3v) is 2.78. The minimum Gasteiger partial charge on any atom is -0.350 e. The first-order chi connectivity index (χ1) is 9.36. The molecule has 5 N–H and O–H groups in total. The van der Waals surface area contributed by atoms with Gasteiger partial charge in [0, 0.05) is 12.6 Å². The molecule has 0 heterocycles. The third-order valence-electron chi connectivity index (χ3n) is 2.78. The predicted octanol–water partition coefficient (Wildman–Crippen LogP) is 1.50. The lowest BCUT2D eigenvalue weighted by molar-refractivity contribution is -0.137. The van der Waals surface area contributed by atoms with E-state index in [4.69, 9.17) is 11.5 Å². The van der Waals surface area contributed by atoms with E-state index in [-0.39, 0.29) is 12.6 Å². The highest BCUT2D eigenvalue weighted by Gasteiger charge is 2.34. The van der Waals surface area contributed by atoms with Crippen LogP contribution in [0.5, 0.6) is 0 Å². The number of benzene rings is 1. The number of halogens is 3. The average Bonchev–Trinajstić information content (AvgIpc) is 2.41. The number of nitrogens with one attached hydrogen (secondary N) is 1. The summed E-state index contributed by atoms with van der Waals surface area (Å²) in [4.78, 5) is 11.8. The lowest BCUT2D eigenvalue weighted by Gasteiger charge is -2.15. The topological polar surface area (TPSA) is 81.1 Å². The first kappa shape index (κ1) is 16.5. The zero-order chi connectivity index (χ0) is 15.2. The monoisotopic (exact) mass is 289 g/mol. The highest BCUT2D eigenvalue weighted by atomic mass is 19.4. The maximum atomic E-state index is 12.8. The normalized spacial score (nSPS) is 13.1. The molecule has 1 aromatic carbocycles. The lowest BCUT2D eigenvalue weighted by atomic mass is 10.1. The van der Waals surface area contributed by atoms with E-state index in [1.54, 1.807) is 0 Å². The van der Waals surface area contributed by atoms with Gasteiger partial charge < -0.3 is 16.8 Å². The Hall–Kier alpha value is -1.60. The molecule has 0 fully saturated rings. The van der Waals surface area contributed by atoms with Crippen molar-refractivity contribution in [2.45, 2.75) is 25.1 Å². The molecule has 20 heavy (non-hydrogen) atoms. The molecule has 0 radical (unpaired) electrons. The van der Waals surface area contributed by atoms with Gasteiger partial charge in [-0.25, -0.2) is 0 Å². The molecule has 0 aromatic heterocycles. The number of hydrogen-bond acceptors (Lipinski definition) is 3. The van der Waals surface area contributed by atoms with E-state index >= 15 is 0 Å². The molecule has 0 unspecified atom stereocenters. The van der Waals surface area contributed by atoms with Crippen molar-refractivity contribution in [2.24, 2.45) is 11.5 Å². The van der Waals surface area contributed by atoms with E-state index in [0.29, 0.717) is 19.4 Å². The number of carbonyl (C=O) groups excluding carboxylic acids is 1. The fraction of sp³-hybridized carbons (Fsp3) is 0.462. The molecule has 112 valence electrons. The first-order valence-electron chi connectivity index (χ1n) is 6.26. The molecule has 1 rings (SSSR count). The van der Waals surface area contributed by atoms with Crippen molar-refractivity contribution in [3.05, 3.63) is 35.4 Å². The summed E-state index contributed by atoms with van der Waals surface area (Å²) < 4.78 is 38.3. The quantitative estimate of drug-likeness (QED) is 0.742. The second-order valence-corrected chi connectivity index (χ2v) is 4.44. The third kappa shape index (κ3) is 4.82. The minimum atomic E-state index is -4.56. The van der Waals surface area contributed by atoms with Crippen LogP contribution in [0.4, 0.5) is 13.2 Å². The highest BCUT2D eigenvalue weighted by Crippen LogP contribution is 2.31. The smallest absolute Gasteiger partial charge is 0.350 e. The van der Waals surface area contributed by atoms with Gasteiger partial charge in [0.15, 0.2) is 0 Å². The zero-order valence-electron chi connectivity index (χ0n) is 10.9. The number of amides is 1. The van der Waals surface area contributed by atoms with Crippen LogP contribution in [0.25, 0.3) is 0 Å². The van der Waals surface area contributed by atoms with Crippen LogP contribution >= 0.6 is 0 Å². The number of rotatable bonds is 6. The van der Waals surface area contributed by atoms with Gasteiger partial charge in [-0.15, -0.1) is 0 Å². The van der Waals surface area contributed by atoms with Crippen molar-refractivity contribution in [3.8, 4) is 0 Å². The average molecular weight is 289 g/mol. The molecule has 0 aliphatic carbocycles. The van der Waals surface area contributed by atoms with Crippen LogP contribution in [-0.4, -0.2) is 25.0 Å². The molecule has 0 aliphatic rings. The summed E-state index contributed by atoms with van der Waals surface area (Å²) in [6.07, 6.45) is -3.25. The van der Waals surface area contributed by atoms with Crippen molar-refractivity contribution in [3.63, 3.8) is 0 Å². The van der Waals surface area contributed by atoms with E-state index in [1.165, 1.54) is 12.1 Å². The summed E-state index contributed by atoms with van der Waals surface area (Å²) in [5.74, 6) is -0.777. The van der Waals surface area contributed by atoms with Crippen molar-refractivity contribution in [1.29, 1.82) is 0 Å². The highest BCUT2D eigenvalue weighted by molar-refractivity contribution is 5.95. The Morgan fingerprint density at radius 1 is 1.30 bits per heavy atom. The molecule has 0 spiro atoms. The Labute approximate surface area is 115 Å². The fourth-order valence-electron chi connectivity index (χ4n) is 1.73. The fourth-order valence-corrected chi connectivity index (χ4v) is 1.73. The van der Waals surface area contributed by atoms with E-state index in [2.05, 4.69) is 5.32 Å². The summed E-state index contributed by atoms with van der Waals surface area (Å²) in [7, 11) is 0. The van der Waals surface area contributed by atoms with Gasteiger partial charge in [-0.05, 0) is 31.5 Å². The molecule has 0 saturated carbocycles. The number of alkyl halides is 3. The number of nitrogens with two attached hydrogens (primary N) is 2. The Bertz CT molecular complexity index is 449. The molecule has 0 aliphatic heterocycles. The molecular formula is C13H18F3N3O. The van der Waals surface area contributed by atoms with Gasteiger partial charge in [-0.3, -0.25) is 4.79 Å². The second-order valence-electron chi connectivity index (χ2n) is 4.44. The van der Waals surface area contributed by atoms with Crippen LogP contribution in [0.3, 0.4) is 0 Å². The maximum Gasteiger partial charge on any atom is 0.417 e. The number of hydrogen-bond donors (Lipinski definition) is 3. The summed E-state index contributed by atoms with van der Waals surface area (Å²) in [5, 5.41) is 2.42. The molecule has 1 amide bonds. The van der Waals surface area contributed by atoms with Crippen LogP contribution in [0, 0.1) is 0 Å². The molecular weight excluding hydrogens is 271 g/mol. The summed E-state index contributed by atoms with van der Waals surface area (Å²) >= 11 is 0. The minimum absolute atomic E-state index is 0.116. The van der Waals surface area contributed by atoms with Crippen molar-refractivity contribution in [1.82, 2.24) is 5.32 Å². The van der Waals surface area contributed by atoms with Crippen LogP contribution < -0.4 is 16.8 Å². The first-order valence-corrected chi connectivity index (χ1v) is 6.26. The standard InChI is InChI=1S/C13H18F3N3O/c14-13(15,16)11-6-2-1-5-10(11)12(20)19-8-9(18)4-3-7-17/h1-2,5-6,9H,3-4,7-8,17-18H2,(H,19,20)/t9-/m0/s1. The Morgan fingerprint density at radius 3 is 2.55 bits per heavy atom. The summed E-state index contributed by atoms with van der Waals surface area (Å²) in [6, 6.07) is 4.33. The number of carbonyl (C=O) groups is 1. The van der Waals surface area contributed by atoms with Crippen molar-refractivity contribution in [2.75, 3.05) is 13.1 Å². The van der Waals surface area contributed by atoms with Gasteiger partial charge in [0.05, 0.1) is 11.1 Å². The largest absolute Gasteiger partial charge is 0.417 e. The lowest BCUT2D eigenvalue weighted by Crippen LogP contribution is -2.38. The van der Waals surface area contributed by atoms with Crippen LogP contribution in [0.2, 0.25) is 0 Å². The van der Waals surface area contributed by atoms with Gasteiger partial charge in [0.25, 0.3) is 5.91 Å². The van der Waals surface area contributed by atoms with Gasteiger partial charge in [0.1, 0.15) is 0 Å². The van der Waals surface area contributed by atoms with Gasteiger partial charge in [-0.2, -0.15) is 13.2 Å². The Balaban J connectivity index is 2.69. The van der Waals surface area contributed by atoms with E-state index in [0.717, 1.165) is 12.1 Å². The molecule has 1 atom stereocenters. The molecule has 0 saturated heterocycles. The predicted molar refractivity (Wildman–Crippen MR) is 70.0 cm³/mol. The molecule has 0 bridgehead atoms. The van der Waals surface area contributed by atoms with Crippen molar-refractivity contribution >= 4 is 5.91 Å². The molecule has 1 aromatic rings. The van der Waals surface area contributed by atoms with E-state index < -0.39 is 23.2 Å². The SMILES string of the molecule is NCCC[C@H](N)CNC(=O)c1ccccc1C(F)(F)F. The molecule has 7 heteroatoms. The van der Waals surface area contributed by atoms with Crippen LogP contribution in [0.15, 0.2) is 24.3 Å². The van der Waals surface area contributed by atoms with Gasteiger partial charge in [0.2, 0.25) is 0 Å². The maximum absolute atomic E-state index is 12.8.